The molecule has 1 saturated heterocycles. The first kappa shape index (κ1) is 17.0. The number of rotatable bonds is 6. The predicted octanol–water partition coefficient (Wildman–Crippen LogP) is 3.34. The quantitative estimate of drug-likeness (QED) is 0.855. The van der Waals surface area contributed by atoms with Crippen molar-refractivity contribution in [1.29, 1.82) is 0 Å². The Morgan fingerprint density at radius 1 is 1.38 bits per heavy atom. The summed E-state index contributed by atoms with van der Waals surface area (Å²) in [6, 6.07) is 8.86. The summed E-state index contributed by atoms with van der Waals surface area (Å²) in [5.41, 5.74) is 2.37. The van der Waals surface area contributed by atoms with E-state index in [4.69, 9.17) is 0 Å². The minimum absolute atomic E-state index is 0.168. The molecule has 0 bridgehead atoms. The minimum Gasteiger partial charge on any atom is -0.361 e. The number of aromatic nitrogens is 1. The fourth-order valence-electron chi connectivity index (χ4n) is 3.67. The highest BCUT2D eigenvalue weighted by Gasteiger charge is 2.21. The lowest BCUT2D eigenvalue weighted by atomic mass is 9.97. The van der Waals surface area contributed by atoms with Crippen LogP contribution in [0.5, 0.6) is 0 Å². The van der Waals surface area contributed by atoms with Gasteiger partial charge in [0, 0.05) is 42.7 Å². The van der Waals surface area contributed by atoms with E-state index < -0.39 is 0 Å². The van der Waals surface area contributed by atoms with Gasteiger partial charge in [0.05, 0.1) is 0 Å². The Kier molecular flexibility index (Phi) is 5.56. The van der Waals surface area contributed by atoms with Gasteiger partial charge in [-0.25, -0.2) is 0 Å². The maximum Gasteiger partial charge on any atom is 0.220 e. The molecule has 1 aromatic carbocycles. The first-order valence-electron chi connectivity index (χ1n) is 9.19. The van der Waals surface area contributed by atoms with Crippen LogP contribution in [0, 0.1) is 5.92 Å². The van der Waals surface area contributed by atoms with Crippen molar-refractivity contribution in [2.45, 2.75) is 45.6 Å². The molecule has 1 amide bonds. The standard InChI is InChI=1S/C20H29N3O/c1-15(2)23-11-5-6-16(14-23)12-22-20(24)10-9-17-13-21-19-8-4-3-7-18(17)19/h3-4,7-8,13,15-16,21H,5-6,9-12,14H2,1-2H3,(H,22,24)/t16-/m0/s1. The van der Waals surface area contributed by atoms with E-state index in [0.717, 1.165) is 25.0 Å². The topological polar surface area (TPSA) is 48.1 Å². The van der Waals surface area contributed by atoms with Crippen LogP contribution in [-0.2, 0) is 11.2 Å². The fraction of sp³-hybridized carbons (Fsp3) is 0.550. The van der Waals surface area contributed by atoms with Crippen molar-refractivity contribution in [3.63, 3.8) is 0 Å². The average molecular weight is 327 g/mol. The van der Waals surface area contributed by atoms with Crippen LogP contribution in [0.4, 0.5) is 0 Å². The summed E-state index contributed by atoms with van der Waals surface area (Å²) in [6.07, 6.45) is 5.85. The third kappa shape index (κ3) is 4.18. The number of aromatic amines is 1. The first-order chi connectivity index (χ1) is 11.6. The van der Waals surface area contributed by atoms with E-state index in [9.17, 15) is 4.79 Å². The number of nitrogens with one attached hydrogen (secondary N) is 2. The third-order valence-electron chi connectivity index (χ3n) is 5.16. The number of fused-ring (bicyclic) bond motifs is 1. The molecule has 0 spiro atoms. The van der Waals surface area contributed by atoms with Crippen LogP contribution in [0.1, 0.15) is 38.7 Å². The van der Waals surface area contributed by atoms with Gasteiger partial charge in [-0.05, 0) is 57.2 Å². The van der Waals surface area contributed by atoms with Crippen LogP contribution >= 0.6 is 0 Å². The van der Waals surface area contributed by atoms with Crippen molar-refractivity contribution in [3.05, 3.63) is 36.0 Å². The largest absolute Gasteiger partial charge is 0.361 e. The first-order valence-corrected chi connectivity index (χ1v) is 9.19. The van der Waals surface area contributed by atoms with Gasteiger partial charge in [-0.15, -0.1) is 0 Å². The van der Waals surface area contributed by atoms with Crippen LogP contribution in [-0.4, -0.2) is 41.5 Å². The smallest absolute Gasteiger partial charge is 0.220 e. The number of hydrogen-bond donors (Lipinski definition) is 2. The number of carbonyl (C=O) groups excluding carboxylic acids is 1. The Morgan fingerprint density at radius 2 is 2.21 bits per heavy atom. The van der Waals surface area contributed by atoms with Crippen LogP contribution in [0.15, 0.2) is 30.5 Å². The molecule has 1 aromatic heterocycles. The molecule has 1 fully saturated rings. The SMILES string of the molecule is CC(C)N1CCC[C@@H](CNC(=O)CCc2c[nH]c3ccccc23)C1. The number of aryl methyl sites for hydroxylation is 1. The number of benzene rings is 1. The monoisotopic (exact) mass is 327 g/mol. The van der Waals surface area contributed by atoms with E-state index in [1.807, 2.05) is 18.3 Å². The van der Waals surface area contributed by atoms with Crippen molar-refractivity contribution in [1.82, 2.24) is 15.2 Å². The molecule has 2 aromatic rings. The number of nitrogens with zero attached hydrogens (tertiary/aromatic N) is 1. The van der Waals surface area contributed by atoms with E-state index in [0.29, 0.717) is 18.4 Å². The van der Waals surface area contributed by atoms with Crippen molar-refractivity contribution in [2.75, 3.05) is 19.6 Å². The average Bonchev–Trinajstić information content (AvgIpc) is 3.01. The molecule has 1 aliphatic heterocycles. The number of carbonyl (C=O) groups is 1. The Hall–Kier alpha value is -1.81. The highest BCUT2D eigenvalue weighted by atomic mass is 16.1. The maximum atomic E-state index is 12.2. The van der Waals surface area contributed by atoms with Gasteiger partial charge in [0.15, 0.2) is 0 Å². The molecule has 0 radical (unpaired) electrons. The number of para-hydroxylation sites is 1. The van der Waals surface area contributed by atoms with Gasteiger partial charge < -0.3 is 15.2 Å². The Bertz CT molecular complexity index is 676. The Labute approximate surface area is 144 Å². The van der Waals surface area contributed by atoms with Crippen LogP contribution < -0.4 is 5.32 Å². The van der Waals surface area contributed by atoms with Crippen LogP contribution in [0.3, 0.4) is 0 Å². The molecule has 130 valence electrons. The summed E-state index contributed by atoms with van der Waals surface area (Å²) >= 11 is 0. The number of amides is 1. The van der Waals surface area contributed by atoms with Gasteiger partial charge in [-0.2, -0.15) is 0 Å². The molecule has 4 heteroatoms. The predicted molar refractivity (Wildman–Crippen MR) is 99.1 cm³/mol. The number of piperidine rings is 1. The van der Waals surface area contributed by atoms with Crippen molar-refractivity contribution in [2.24, 2.45) is 5.92 Å². The molecular weight excluding hydrogens is 298 g/mol. The molecule has 24 heavy (non-hydrogen) atoms. The highest BCUT2D eigenvalue weighted by Crippen LogP contribution is 2.19. The van der Waals surface area contributed by atoms with Gasteiger partial charge in [0.1, 0.15) is 0 Å². The number of likely N-dealkylation sites (tertiary alicyclic amines) is 1. The van der Waals surface area contributed by atoms with Crippen molar-refractivity contribution in [3.8, 4) is 0 Å². The van der Waals surface area contributed by atoms with E-state index in [1.54, 1.807) is 0 Å². The third-order valence-corrected chi connectivity index (χ3v) is 5.16. The van der Waals surface area contributed by atoms with E-state index >= 15 is 0 Å². The molecule has 2 heterocycles. The normalized spacial score (nSPS) is 19.0. The molecule has 3 rings (SSSR count). The summed E-state index contributed by atoms with van der Waals surface area (Å²) in [6.45, 7) is 7.63. The second-order valence-electron chi connectivity index (χ2n) is 7.26. The van der Waals surface area contributed by atoms with E-state index in [1.165, 1.54) is 30.3 Å². The summed E-state index contributed by atoms with van der Waals surface area (Å²) in [5, 5.41) is 4.37. The summed E-state index contributed by atoms with van der Waals surface area (Å²) in [7, 11) is 0. The van der Waals surface area contributed by atoms with Crippen LogP contribution in [0.25, 0.3) is 10.9 Å². The summed E-state index contributed by atoms with van der Waals surface area (Å²) in [5.74, 6) is 0.764. The number of H-pyrrole nitrogens is 1. The second kappa shape index (κ2) is 7.84. The molecular formula is C20H29N3O. The summed E-state index contributed by atoms with van der Waals surface area (Å²) in [4.78, 5) is 18.0. The molecule has 4 nitrogen and oxygen atoms in total. The lowest BCUT2D eigenvalue weighted by Gasteiger charge is -2.35. The van der Waals surface area contributed by atoms with Crippen LogP contribution in [0.2, 0.25) is 0 Å². The molecule has 2 N–H and O–H groups in total. The molecule has 1 atom stereocenters. The zero-order valence-corrected chi connectivity index (χ0v) is 14.8. The minimum atomic E-state index is 0.168. The Morgan fingerprint density at radius 3 is 3.04 bits per heavy atom. The fourth-order valence-corrected chi connectivity index (χ4v) is 3.67. The molecule has 0 saturated carbocycles. The van der Waals surface area contributed by atoms with Gasteiger partial charge in [-0.3, -0.25) is 4.79 Å². The van der Waals surface area contributed by atoms with E-state index in [-0.39, 0.29) is 5.91 Å². The Balaban J connectivity index is 1.44. The summed E-state index contributed by atoms with van der Waals surface area (Å²) < 4.78 is 0. The molecule has 0 unspecified atom stereocenters. The zero-order chi connectivity index (χ0) is 16.9. The maximum absolute atomic E-state index is 12.2. The molecule has 1 aliphatic rings. The van der Waals surface area contributed by atoms with Gasteiger partial charge in [0.25, 0.3) is 0 Å². The van der Waals surface area contributed by atoms with Gasteiger partial charge >= 0.3 is 0 Å². The van der Waals surface area contributed by atoms with Gasteiger partial charge in [-0.1, -0.05) is 18.2 Å². The van der Waals surface area contributed by atoms with Gasteiger partial charge in [0.2, 0.25) is 5.91 Å². The molecule has 0 aliphatic carbocycles. The zero-order valence-electron chi connectivity index (χ0n) is 14.8. The second-order valence-corrected chi connectivity index (χ2v) is 7.26. The highest BCUT2D eigenvalue weighted by molar-refractivity contribution is 5.84. The van der Waals surface area contributed by atoms with Crippen molar-refractivity contribution >= 4 is 16.8 Å². The van der Waals surface area contributed by atoms with Crippen molar-refractivity contribution < 1.29 is 4.79 Å². The lowest BCUT2D eigenvalue weighted by molar-refractivity contribution is -0.121. The number of hydrogen-bond acceptors (Lipinski definition) is 2. The lowest BCUT2D eigenvalue weighted by Crippen LogP contribution is -2.43. The van der Waals surface area contributed by atoms with E-state index in [2.05, 4.69) is 41.2 Å².